The highest BCUT2D eigenvalue weighted by Crippen LogP contribution is 2.20. The second kappa shape index (κ2) is 5.83. The average molecular weight is 266 g/mol. The van der Waals surface area contributed by atoms with Crippen LogP contribution < -0.4 is 0 Å². The number of phenolic OH excluding ortho intramolecular Hbond substituents is 1. The third kappa shape index (κ3) is 2.99. The standard InChI is InChI=1S/C11H14N4O2S/c1-2-9(16)7-18-11-12-13-14-15(11)8-3-5-10(17)6-4-8/h3-6,9,16-17H,2,7H2,1H3. The first kappa shape index (κ1) is 12.8. The molecule has 0 saturated heterocycles. The number of aliphatic hydroxyl groups is 1. The van der Waals surface area contributed by atoms with Crippen molar-refractivity contribution in [2.75, 3.05) is 5.75 Å². The van der Waals surface area contributed by atoms with Crippen molar-refractivity contribution in [1.29, 1.82) is 0 Å². The molecule has 1 atom stereocenters. The quantitative estimate of drug-likeness (QED) is 0.792. The van der Waals surface area contributed by atoms with Crippen LogP contribution in [0.25, 0.3) is 5.69 Å². The van der Waals surface area contributed by atoms with Gasteiger partial charge >= 0.3 is 0 Å². The number of phenols is 1. The van der Waals surface area contributed by atoms with Gasteiger partial charge < -0.3 is 10.2 Å². The fourth-order valence-electron chi connectivity index (χ4n) is 1.31. The largest absolute Gasteiger partial charge is 0.508 e. The van der Waals surface area contributed by atoms with Gasteiger partial charge in [0.05, 0.1) is 11.8 Å². The van der Waals surface area contributed by atoms with Gasteiger partial charge in [-0.2, -0.15) is 4.68 Å². The van der Waals surface area contributed by atoms with E-state index in [9.17, 15) is 10.2 Å². The van der Waals surface area contributed by atoms with E-state index >= 15 is 0 Å². The molecule has 96 valence electrons. The molecule has 0 aliphatic carbocycles. The second-order valence-electron chi connectivity index (χ2n) is 3.76. The maximum Gasteiger partial charge on any atom is 0.214 e. The van der Waals surface area contributed by atoms with Gasteiger partial charge in [-0.1, -0.05) is 18.7 Å². The highest BCUT2D eigenvalue weighted by molar-refractivity contribution is 7.99. The Hall–Kier alpha value is -1.60. The summed E-state index contributed by atoms with van der Waals surface area (Å²) in [5.41, 5.74) is 0.770. The van der Waals surface area contributed by atoms with E-state index in [1.54, 1.807) is 28.9 Å². The molecule has 0 saturated carbocycles. The summed E-state index contributed by atoms with van der Waals surface area (Å²) in [6.07, 6.45) is 0.341. The van der Waals surface area contributed by atoms with Gasteiger partial charge in [0.1, 0.15) is 5.75 Å². The van der Waals surface area contributed by atoms with Crippen molar-refractivity contribution in [3.8, 4) is 11.4 Å². The Morgan fingerprint density at radius 2 is 2.06 bits per heavy atom. The van der Waals surface area contributed by atoms with Gasteiger partial charge in [-0.3, -0.25) is 0 Å². The maximum atomic E-state index is 9.52. The minimum atomic E-state index is -0.361. The van der Waals surface area contributed by atoms with E-state index in [4.69, 9.17) is 0 Å². The molecule has 0 aliphatic heterocycles. The van der Waals surface area contributed by atoms with Gasteiger partial charge in [0.15, 0.2) is 0 Å². The number of rotatable bonds is 5. The Bertz CT molecular complexity index is 500. The lowest BCUT2D eigenvalue weighted by atomic mass is 10.3. The van der Waals surface area contributed by atoms with E-state index in [1.165, 1.54) is 11.8 Å². The fourth-order valence-corrected chi connectivity index (χ4v) is 2.25. The zero-order chi connectivity index (χ0) is 13.0. The third-order valence-corrected chi connectivity index (χ3v) is 3.48. The van der Waals surface area contributed by atoms with Crippen LogP contribution in [-0.4, -0.2) is 42.3 Å². The van der Waals surface area contributed by atoms with Crippen molar-refractivity contribution < 1.29 is 10.2 Å². The van der Waals surface area contributed by atoms with Crippen molar-refractivity contribution in [3.05, 3.63) is 24.3 Å². The number of aromatic hydroxyl groups is 1. The number of aliphatic hydroxyl groups excluding tert-OH is 1. The van der Waals surface area contributed by atoms with Gasteiger partial charge in [-0.05, 0) is 41.1 Å². The van der Waals surface area contributed by atoms with Crippen LogP contribution in [0.4, 0.5) is 0 Å². The van der Waals surface area contributed by atoms with Crippen molar-refractivity contribution in [2.24, 2.45) is 0 Å². The lowest BCUT2D eigenvalue weighted by molar-refractivity contribution is 0.195. The molecule has 1 aromatic carbocycles. The molecule has 0 bridgehead atoms. The number of aromatic nitrogens is 4. The van der Waals surface area contributed by atoms with Crippen LogP contribution in [0.1, 0.15) is 13.3 Å². The Morgan fingerprint density at radius 3 is 2.72 bits per heavy atom. The molecule has 0 fully saturated rings. The Kier molecular flexibility index (Phi) is 4.16. The molecule has 2 rings (SSSR count). The van der Waals surface area contributed by atoms with Crippen molar-refractivity contribution in [3.63, 3.8) is 0 Å². The summed E-state index contributed by atoms with van der Waals surface area (Å²) < 4.78 is 1.58. The van der Waals surface area contributed by atoms with Crippen molar-refractivity contribution >= 4 is 11.8 Å². The van der Waals surface area contributed by atoms with Crippen LogP contribution in [0.5, 0.6) is 5.75 Å². The molecular formula is C11H14N4O2S. The fraction of sp³-hybridized carbons (Fsp3) is 0.364. The molecular weight excluding hydrogens is 252 g/mol. The molecule has 0 aliphatic rings. The number of thioether (sulfide) groups is 1. The predicted octanol–water partition coefficient (Wildman–Crippen LogP) is 1.23. The zero-order valence-corrected chi connectivity index (χ0v) is 10.7. The molecule has 7 heteroatoms. The van der Waals surface area contributed by atoms with Gasteiger partial charge in [0.25, 0.3) is 0 Å². The highest BCUT2D eigenvalue weighted by atomic mass is 32.2. The Balaban J connectivity index is 2.14. The predicted molar refractivity (Wildman–Crippen MR) is 67.8 cm³/mol. The summed E-state index contributed by atoms with van der Waals surface area (Å²) in [5.74, 6) is 0.747. The van der Waals surface area contributed by atoms with E-state index < -0.39 is 0 Å². The second-order valence-corrected chi connectivity index (χ2v) is 4.75. The number of benzene rings is 1. The molecule has 6 nitrogen and oxygen atoms in total. The van der Waals surface area contributed by atoms with Crippen molar-refractivity contribution in [1.82, 2.24) is 20.2 Å². The van der Waals surface area contributed by atoms with Gasteiger partial charge in [0, 0.05) is 5.75 Å². The summed E-state index contributed by atoms with van der Waals surface area (Å²) >= 11 is 1.40. The first-order valence-electron chi connectivity index (χ1n) is 5.59. The monoisotopic (exact) mass is 266 g/mol. The third-order valence-electron chi connectivity index (χ3n) is 2.41. The summed E-state index contributed by atoms with van der Waals surface area (Å²) in [5, 5.41) is 30.8. The maximum absolute atomic E-state index is 9.52. The molecule has 2 N–H and O–H groups in total. The molecule has 1 aromatic heterocycles. The zero-order valence-electron chi connectivity index (χ0n) is 9.89. The normalized spacial score (nSPS) is 12.6. The lowest BCUT2D eigenvalue weighted by Crippen LogP contribution is -2.08. The SMILES string of the molecule is CCC(O)CSc1nnnn1-c1ccc(O)cc1. The summed E-state index contributed by atoms with van der Waals surface area (Å²) in [4.78, 5) is 0. The van der Waals surface area contributed by atoms with Crippen LogP contribution in [-0.2, 0) is 0 Å². The molecule has 1 heterocycles. The Morgan fingerprint density at radius 1 is 1.33 bits per heavy atom. The summed E-state index contributed by atoms with van der Waals surface area (Å²) in [6.45, 7) is 1.92. The molecule has 1 unspecified atom stereocenters. The first-order chi connectivity index (χ1) is 8.70. The first-order valence-corrected chi connectivity index (χ1v) is 6.58. The van der Waals surface area contributed by atoms with Crippen LogP contribution in [0.15, 0.2) is 29.4 Å². The highest BCUT2D eigenvalue weighted by Gasteiger charge is 2.11. The van der Waals surface area contributed by atoms with Gasteiger partial charge in [0.2, 0.25) is 5.16 Å². The summed E-state index contributed by atoms with van der Waals surface area (Å²) in [6, 6.07) is 6.61. The smallest absolute Gasteiger partial charge is 0.214 e. The molecule has 18 heavy (non-hydrogen) atoms. The summed E-state index contributed by atoms with van der Waals surface area (Å²) in [7, 11) is 0. The molecule has 0 spiro atoms. The van der Waals surface area contributed by atoms with E-state index in [2.05, 4.69) is 15.5 Å². The number of hydrogen-bond donors (Lipinski definition) is 2. The van der Waals surface area contributed by atoms with Crippen LogP contribution in [0.3, 0.4) is 0 Å². The van der Waals surface area contributed by atoms with Crippen LogP contribution in [0.2, 0.25) is 0 Å². The van der Waals surface area contributed by atoms with E-state index in [0.717, 1.165) is 5.69 Å². The van der Waals surface area contributed by atoms with E-state index in [0.29, 0.717) is 17.3 Å². The average Bonchev–Trinajstić information content (AvgIpc) is 2.85. The van der Waals surface area contributed by atoms with Gasteiger partial charge in [-0.25, -0.2) is 0 Å². The topological polar surface area (TPSA) is 84.1 Å². The minimum Gasteiger partial charge on any atom is -0.508 e. The minimum absolute atomic E-state index is 0.197. The number of tetrazole rings is 1. The molecule has 0 radical (unpaired) electrons. The van der Waals surface area contributed by atoms with Gasteiger partial charge in [-0.15, -0.1) is 5.10 Å². The van der Waals surface area contributed by atoms with E-state index in [-0.39, 0.29) is 11.9 Å². The van der Waals surface area contributed by atoms with Crippen LogP contribution >= 0.6 is 11.8 Å². The van der Waals surface area contributed by atoms with Crippen molar-refractivity contribution in [2.45, 2.75) is 24.6 Å². The Labute approximate surface area is 109 Å². The molecule has 0 amide bonds. The number of hydrogen-bond acceptors (Lipinski definition) is 6. The lowest BCUT2D eigenvalue weighted by Gasteiger charge is -2.07. The van der Waals surface area contributed by atoms with E-state index in [1.807, 2.05) is 6.92 Å². The molecule has 2 aromatic rings. The van der Waals surface area contributed by atoms with Crippen LogP contribution in [0, 0.1) is 0 Å². The number of nitrogens with zero attached hydrogens (tertiary/aromatic N) is 4.